The number of hydrogen-bond acceptors (Lipinski definition) is 1. The third-order valence-electron chi connectivity index (χ3n) is 3.98. The zero-order valence-electron chi connectivity index (χ0n) is 14.4. The van der Waals surface area contributed by atoms with E-state index >= 15 is 0 Å². The third kappa shape index (κ3) is 6.33. The molecule has 0 spiro atoms. The van der Waals surface area contributed by atoms with Crippen molar-refractivity contribution in [3.05, 3.63) is 0 Å². The summed E-state index contributed by atoms with van der Waals surface area (Å²) in [6.45, 7) is 8.79. The van der Waals surface area contributed by atoms with Crippen LogP contribution >= 0.6 is 0 Å². The maximum atomic E-state index is 5.90. The summed E-state index contributed by atoms with van der Waals surface area (Å²) in [7, 11) is 8.91. The summed E-state index contributed by atoms with van der Waals surface area (Å²) in [5, 5.41) is 0. The van der Waals surface area contributed by atoms with Crippen molar-refractivity contribution >= 4 is 6.21 Å². The van der Waals surface area contributed by atoms with Crippen LogP contribution in [-0.4, -0.2) is 66.2 Å². The Morgan fingerprint density at radius 3 is 2.40 bits per heavy atom. The Balaban J connectivity index is 2.61. The van der Waals surface area contributed by atoms with E-state index < -0.39 is 0 Å². The largest absolute Gasteiger partial charge is 0.375 e. The molecule has 1 saturated heterocycles. The summed E-state index contributed by atoms with van der Waals surface area (Å²) >= 11 is 0. The summed E-state index contributed by atoms with van der Waals surface area (Å²) in [5.41, 5.74) is 0.269. The molecule has 4 heteroatoms. The van der Waals surface area contributed by atoms with Crippen molar-refractivity contribution in [1.82, 2.24) is 0 Å². The molecule has 1 aliphatic rings. The van der Waals surface area contributed by atoms with Gasteiger partial charge in [0.25, 0.3) is 0 Å². The molecule has 3 N–H and O–H groups in total. The van der Waals surface area contributed by atoms with Gasteiger partial charge < -0.3 is 14.5 Å². The van der Waals surface area contributed by atoms with Crippen LogP contribution in [0.4, 0.5) is 0 Å². The molecule has 4 nitrogen and oxygen atoms in total. The van der Waals surface area contributed by atoms with E-state index in [0.29, 0.717) is 0 Å². The van der Waals surface area contributed by atoms with Gasteiger partial charge in [0.15, 0.2) is 0 Å². The highest BCUT2D eigenvalue weighted by Gasteiger charge is 2.44. The van der Waals surface area contributed by atoms with Gasteiger partial charge in [0.05, 0.1) is 53.3 Å². The number of quaternary nitrogens is 2. The van der Waals surface area contributed by atoms with E-state index in [2.05, 4.69) is 53.2 Å². The van der Waals surface area contributed by atoms with E-state index in [-0.39, 0.29) is 11.0 Å². The second kappa shape index (κ2) is 7.53. The van der Waals surface area contributed by atoms with Gasteiger partial charge >= 0.3 is 0 Å². The Bertz CT molecular complexity index is 313. The molecular formula is C16H36N3O+3. The lowest BCUT2D eigenvalue weighted by Crippen LogP contribution is -3.08. The first kappa shape index (κ1) is 17.6. The van der Waals surface area contributed by atoms with Crippen molar-refractivity contribution in [2.24, 2.45) is 5.41 Å². The van der Waals surface area contributed by atoms with Crippen LogP contribution in [0.2, 0.25) is 0 Å². The van der Waals surface area contributed by atoms with E-state index in [0.717, 1.165) is 26.0 Å². The summed E-state index contributed by atoms with van der Waals surface area (Å²) in [6.07, 6.45) is 5.85. The van der Waals surface area contributed by atoms with Crippen molar-refractivity contribution in [1.29, 1.82) is 0 Å². The molecule has 0 aromatic carbocycles. The van der Waals surface area contributed by atoms with Crippen LogP contribution in [0.5, 0.6) is 0 Å². The minimum absolute atomic E-state index is 0.000333. The van der Waals surface area contributed by atoms with Crippen LogP contribution in [-0.2, 0) is 4.74 Å². The topological polar surface area (TPSA) is 32.1 Å². The van der Waals surface area contributed by atoms with Gasteiger partial charge in [0, 0.05) is 6.61 Å². The van der Waals surface area contributed by atoms with Gasteiger partial charge in [-0.25, -0.2) is 0 Å². The highest BCUT2D eigenvalue weighted by Crippen LogP contribution is 2.35. The standard InChI is InChI=1S/C16H33N3O/c1-15(2)12-16(8-11-20-15,14-19(5)6)13-17-9-7-10-18(3)4/h13H,7-12,14H2,1-6H3/p+3/t16-/m0/s1. The van der Waals surface area contributed by atoms with Crippen LogP contribution in [0.25, 0.3) is 0 Å². The number of hydrogen-bond donors (Lipinski definition) is 3. The summed E-state index contributed by atoms with van der Waals surface area (Å²) < 4.78 is 5.90. The van der Waals surface area contributed by atoms with Crippen LogP contribution in [0.3, 0.4) is 0 Å². The van der Waals surface area contributed by atoms with Crippen LogP contribution < -0.4 is 14.8 Å². The minimum Gasteiger partial charge on any atom is -0.375 e. The molecule has 1 aliphatic heterocycles. The number of nitrogens with one attached hydrogen (secondary N) is 3. The van der Waals surface area contributed by atoms with E-state index in [1.807, 2.05) is 0 Å². The van der Waals surface area contributed by atoms with Gasteiger partial charge in [-0.2, -0.15) is 0 Å². The molecule has 1 atom stereocenters. The minimum atomic E-state index is -0.000333. The van der Waals surface area contributed by atoms with Crippen molar-refractivity contribution in [2.75, 3.05) is 54.4 Å². The zero-order valence-corrected chi connectivity index (χ0v) is 14.4. The molecule has 0 saturated carbocycles. The van der Waals surface area contributed by atoms with Gasteiger partial charge in [-0.05, 0) is 26.7 Å². The van der Waals surface area contributed by atoms with Crippen molar-refractivity contribution in [3.8, 4) is 0 Å². The molecule has 1 fully saturated rings. The third-order valence-corrected chi connectivity index (χ3v) is 3.98. The zero-order chi connectivity index (χ0) is 15.2. The van der Waals surface area contributed by atoms with E-state index in [4.69, 9.17) is 4.74 Å². The van der Waals surface area contributed by atoms with Gasteiger partial charge in [-0.15, -0.1) is 0 Å². The molecule has 0 aromatic rings. The highest BCUT2D eigenvalue weighted by molar-refractivity contribution is 5.60. The average Bonchev–Trinajstić information content (AvgIpc) is 2.25. The Hall–Kier alpha value is -0.450. The van der Waals surface area contributed by atoms with Crippen molar-refractivity contribution in [3.63, 3.8) is 0 Å². The van der Waals surface area contributed by atoms with Gasteiger partial charge in [-0.3, -0.25) is 4.99 Å². The Labute approximate surface area is 125 Å². The fourth-order valence-corrected chi connectivity index (χ4v) is 3.38. The lowest BCUT2D eigenvalue weighted by molar-refractivity contribution is -0.865. The van der Waals surface area contributed by atoms with Gasteiger partial charge in [0.1, 0.15) is 18.2 Å². The van der Waals surface area contributed by atoms with Crippen LogP contribution in [0.1, 0.15) is 33.1 Å². The molecule has 0 radical (unpaired) electrons. The first-order chi connectivity index (χ1) is 9.25. The van der Waals surface area contributed by atoms with Crippen molar-refractivity contribution < 1.29 is 19.5 Å². The van der Waals surface area contributed by atoms with E-state index in [1.165, 1.54) is 29.3 Å². The van der Waals surface area contributed by atoms with Crippen LogP contribution in [0, 0.1) is 5.41 Å². The molecule has 0 unspecified atom stereocenters. The molecule has 0 amide bonds. The van der Waals surface area contributed by atoms with Crippen LogP contribution in [0.15, 0.2) is 0 Å². The maximum Gasteiger partial charge on any atom is 0.150 e. The first-order valence-electron chi connectivity index (χ1n) is 8.05. The molecule has 0 bridgehead atoms. The Morgan fingerprint density at radius 1 is 1.15 bits per heavy atom. The highest BCUT2D eigenvalue weighted by atomic mass is 16.5. The smallest absolute Gasteiger partial charge is 0.150 e. The monoisotopic (exact) mass is 286 g/mol. The maximum absolute atomic E-state index is 5.90. The average molecular weight is 286 g/mol. The molecule has 0 aliphatic carbocycles. The lowest BCUT2D eigenvalue weighted by atomic mass is 9.74. The molecule has 1 heterocycles. The number of rotatable bonds is 7. The fraction of sp³-hybridized carbons (Fsp3) is 0.938. The lowest BCUT2D eigenvalue weighted by Gasteiger charge is -2.41. The summed E-state index contributed by atoms with van der Waals surface area (Å²) in [4.78, 5) is 6.62. The quantitative estimate of drug-likeness (QED) is 0.348. The molecule has 1 rings (SSSR count). The van der Waals surface area contributed by atoms with E-state index in [1.54, 1.807) is 0 Å². The first-order valence-corrected chi connectivity index (χ1v) is 8.05. The predicted octanol–water partition coefficient (Wildman–Crippen LogP) is -2.61. The Morgan fingerprint density at radius 2 is 1.85 bits per heavy atom. The molecular weight excluding hydrogens is 250 g/mol. The normalized spacial score (nSPS) is 26.8. The molecule has 0 aromatic heterocycles. The number of ether oxygens (including phenoxy) is 1. The summed E-state index contributed by atoms with van der Waals surface area (Å²) in [5.74, 6) is 0. The van der Waals surface area contributed by atoms with Gasteiger partial charge in [-0.1, -0.05) is 0 Å². The van der Waals surface area contributed by atoms with Crippen molar-refractivity contribution in [2.45, 2.75) is 38.7 Å². The van der Waals surface area contributed by atoms with Gasteiger partial charge in [0.2, 0.25) is 0 Å². The second-order valence-electron chi connectivity index (χ2n) is 7.69. The van der Waals surface area contributed by atoms with E-state index in [9.17, 15) is 0 Å². The predicted molar refractivity (Wildman–Crippen MR) is 83.6 cm³/mol. The molecule has 20 heavy (non-hydrogen) atoms. The SMILES string of the molecule is C[NH+](C)CCC[NH+]=C[C@]1(C[NH+](C)C)CCOC(C)(C)C1. The summed E-state index contributed by atoms with van der Waals surface area (Å²) in [6, 6.07) is 0. The second-order valence-corrected chi connectivity index (χ2v) is 7.69. The fourth-order valence-electron chi connectivity index (χ4n) is 3.38. The molecule has 118 valence electrons. The Kier molecular flexibility index (Phi) is 6.62.